The molecule has 0 bridgehead atoms. The van der Waals surface area contributed by atoms with E-state index in [0.29, 0.717) is 37.0 Å². The van der Waals surface area contributed by atoms with Crippen molar-refractivity contribution in [3.8, 4) is 0 Å². The molecule has 0 unspecified atom stereocenters. The monoisotopic (exact) mass is 356 g/mol. The lowest BCUT2D eigenvalue weighted by molar-refractivity contribution is 0.103. The highest BCUT2D eigenvalue weighted by atomic mass is 32.2. The molecule has 1 saturated heterocycles. The number of sulfone groups is 1. The largest absolute Gasteiger partial charge is 0.378 e. The van der Waals surface area contributed by atoms with Crippen molar-refractivity contribution in [1.82, 2.24) is 10.2 Å². The zero-order chi connectivity index (χ0) is 16.4. The summed E-state index contributed by atoms with van der Waals surface area (Å²) < 4.78 is 29.6. The first-order valence-electron chi connectivity index (χ1n) is 6.93. The average molecular weight is 356 g/mol. The molecule has 0 spiro atoms. The van der Waals surface area contributed by atoms with Crippen LogP contribution in [0.25, 0.3) is 0 Å². The molecular formula is C13H16N4O4S2. The quantitative estimate of drug-likeness (QED) is 0.846. The highest BCUT2D eigenvalue weighted by Gasteiger charge is 2.28. The second-order valence-electron chi connectivity index (χ2n) is 5.05. The summed E-state index contributed by atoms with van der Waals surface area (Å²) in [7, 11) is -3.57. The van der Waals surface area contributed by atoms with E-state index in [1.165, 1.54) is 11.3 Å². The number of amides is 1. The minimum absolute atomic E-state index is 0.00399. The van der Waals surface area contributed by atoms with Crippen LogP contribution in [0.1, 0.15) is 9.67 Å². The van der Waals surface area contributed by atoms with Gasteiger partial charge in [0.05, 0.1) is 18.1 Å². The van der Waals surface area contributed by atoms with Gasteiger partial charge in [-0.25, -0.2) is 8.42 Å². The van der Waals surface area contributed by atoms with Crippen LogP contribution in [0.15, 0.2) is 22.4 Å². The maximum atomic E-state index is 12.2. The van der Waals surface area contributed by atoms with Crippen LogP contribution >= 0.6 is 11.3 Å². The molecule has 0 saturated carbocycles. The van der Waals surface area contributed by atoms with Gasteiger partial charge < -0.3 is 15.0 Å². The van der Waals surface area contributed by atoms with E-state index in [0.717, 1.165) is 6.26 Å². The predicted molar refractivity (Wildman–Crippen MR) is 87.0 cm³/mol. The molecule has 8 nitrogen and oxygen atoms in total. The van der Waals surface area contributed by atoms with Crippen LogP contribution in [0.2, 0.25) is 0 Å². The van der Waals surface area contributed by atoms with E-state index in [1.807, 2.05) is 4.90 Å². The van der Waals surface area contributed by atoms with Crippen LogP contribution in [0, 0.1) is 0 Å². The fraction of sp³-hybridized carbons (Fsp3) is 0.385. The Morgan fingerprint density at radius 3 is 2.78 bits per heavy atom. The van der Waals surface area contributed by atoms with Crippen LogP contribution in [0.3, 0.4) is 0 Å². The highest BCUT2D eigenvalue weighted by molar-refractivity contribution is 7.91. The van der Waals surface area contributed by atoms with Gasteiger partial charge in [-0.3, -0.25) is 9.89 Å². The van der Waals surface area contributed by atoms with Crippen LogP contribution in [0.4, 0.5) is 11.6 Å². The summed E-state index contributed by atoms with van der Waals surface area (Å²) in [5, 5.41) is 11.1. The van der Waals surface area contributed by atoms with Crippen LogP contribution in [0.5, 0.6) is 0 Å². The first-order chi connectivity index (χ1) is 11.0. The number of nitrogens with one attached hydrogen (secondary N) is 2. The number of H-pyrrole nitrogens is 1. The van der Waals surface area contributed by atoms with E-state index in [-0.39, 0.29) is 16.6 Å². The normalized spacial score (nSPS) is 15.6. The Bertz CT molecular complexity index is 792. The van der Waals surface area contributed by atoms with Gasteiger partial charge in [0, 0.05) is 19.3 Å². The molecule has 23 heavy (non-hydrogen) atoms. The molecule has 0 aromatic carbocycles. The average Bonchev–Trinajstić information content (AvgIpc) is 3.17. The highest BCUT2D eigenvalue weighted by Crippen LogP contribution is 2.30. The van der Waals surface area contributed by atoms with E-state index in [9.17, 15) is 13.2 Å². The van der Waals surface area contributed by atoms with Gasteiger partial charge in [-0.2, -0.15) is 5.10 Å². The molecule has 0 radical (unpaired) electrons. The molecule has 0 atom stereocenters. The third-order valence-corrected chi connectivity index (χ3v) is 5.37. The number of anilines is 2. The fourth-order valence-electron chi connectivity index (χ4n) is 2.33. The Morgan fingerprint density at radius 2 is 2.17 bits per heavy atom. The fourth-order valence-corrected chi connectivity index (χ4v) is 3.92. The first-order valence-corrected chi connectivity index (χ1v) is 9.70. The number of carbonyl (C=O) groups is 1. The lowest BCUT2D eigenvalue weighted by atomic mass is 10.4. The Labute approximate surface area is 137 Å². The molecule has 10 heteroatoms. The molecule has 2 aromatic rings. The van der Waals surface area contributed by atoms with E-state index in [2.05, 4.69) is 15.5 Å². The van der Waals surface area contributed by atoms with Crippen molar-refractivity contribution >= 4 is 38.7 Å². The number of morpholine rings is 1. The molecule has 1 aliphatic heterocycles. The van der Waals surface area contributed by atoms with Crippen LogP contribution in [-0.4, -0.2) is 57.1 Å². The Morgan fingerprint density at radius 1 is 1.43 bits per heavy atom. The summed E-state index contributed by atoms with van der Waals surface area (Å²) in [6, 6.07) is 3.42. The second kappa shape index (κ2) is 6.30. The van der Waals surface area contributed by atoms with Gasteiger partial charge in [-0.15, -0.1) is 11.3 Å². The van der Waals surface area contributed by atoms with Crippen molar-refractivity contribution in [3.63, 3.8) is 0 Å². The maximum absolute atomic E-state index is 12.2. The van der Waals surface area contributed by atoms with Crippen LogP contribution in [-0.2, 0) is 14.6 Å². The lowest BCUT2D eigenvalue weighted by Gasteiger charge is -2.27. The second-order valence-corrected chi connectivity index (χ2v) is 7.95. The molecule has 1 fully saturated rings. The van der Waals surface area contributed by atoms with E-state index < -0.39 is 9.84 Å². The number of hydrogen-bond donors (Lipinski definition) is 2. The summed E-state index contributed by atoms with van der Waals surface area (Å²) in [5.41, 5.74) is 0. The molecule has 1 amide bonds. The number of aromatic nitrogens is 2. The molecule has 3 rings (SSSR count). The number of carbonyl (C=O) groups excluding carboxylic acids is 1. The van der Waals surface area contributed by atoms with Gasteiger partial charge in [-0.1, -0.05) is 6.07 Å². The van der Waals surface area contributed by atoms with Gasteiger partial charge in [-0.05, 0) is 11.4 Å². The number of aromatic amines is 1. The zero-order valence-corrected chi connectivity index (χ0v) is 14.0. The van der Waals surface area contributed by atoms with Gasteiger partial charge >= 0.3 is 0 Å². The Hall–Kier alpha value is -1.91. The van der Waals surface area contributed by atoms with Crippen LogP contribution < -0.4 is 10.2 Å². The van der Waals surface area contributed by atoms with Gasteiger partial charge in [0.1, 0.15) is 5.82 Å². The minimum Gasteiger partial charge on any atom is -0.378 e. The number of nitrogens with zero attached hydrogens (tertiary/aromatic N) is 2. The van der Waals surface area contributed by atoms with E-state index in [4.69, 9.17) is 4.74 Å². The third-order valence-electron chi connectivity index (χ3n) is 3.37. The van der Waals surface area contributed by atoms with Crippen molar-refractivity contribution in [2.24, 2.45) is 0 Å². The standard InChI is InChI=1S/C13H16N4O4S2/c1-23(19,20)10-11(14-13(18)9-3-2-8-22-9)15-16-12(10)17-4-6-21-7-5-17/h2-3,8H,4-7H2,1H3,(H2,14,15,16,18). The van der Waals surface area contributed by atoms with E-state index >= 15 is 0 Å². The number of hydrogen-bond acceptors (Lipinski definition) is 7. The van der Waals surface area contributed by atoms with Crippen molar-refractivity contribution in [1.29, 1.82) is 0 Å². The molecule has 2 N–H and O–H groups in total. The van der Waals surface area contributed by atoms with E-state index in [1.54, 1.807) is 17.5 Å². The summed E-state index contributed by atoms with van der Waals surface area (Å²) in [5.74, 6) is 0.0340. The van der Waals surface area contributed by atoms with Crippen molar-refractivity contribution in [2.45, 2.75) is 4.90 Å². The smallest absolute Gasteiger partial charge is 0.266 e. The Kier molecular flexibility index (Phi) is 4.37. The van der Waals surface area contributed by atoms with Gasteiger partial charge in [0.15, 0.2) is 20.6 Å². The maximum Gasteiger partial charge on any atom is 0.266 e. The van der Waals surface area contributed by atoms with Gasteiger partial charge in [0.2, 0.25) is 0 Å². The number of rotatable bonds is 4. The molecule has 124 valence electrons. The Balaban J connectivity index is 1.94. The molecular weight excluding hydrogens is 340 g/mol. The van der Waals surface area contributed by atoms with Gasteiger partial charge in [0.25, 0.3) is 5.91 Å². The number of ether oxygens (including phenoxy) is 1. The van der Waals surface area contributed by atoms with Crippen molar-refractivity contribution in [3.05, 3.63) is 22.4 Å². The summed E-state index contributed by atoms with van der Waals surface area (Å²) in [4.78, 5) is 14.5. The summed E-state index contributed by atoms with van der Waals surface area (Å²) >= 11 is 1.28. The third kappa shape index (κ3) is 3.38. The van der Waals surface area contributed by atoms with Crippen molar-refractivity contribution in [2.75, 3.05) is 42.8 Å². The molecule has 1 aliphatic rings. The minimum atomic E-state index is -3.57. The first kappa shape index (κ1) is 16.0. The summed E-state index contributed by atoms with van der Waals surface area (Å²) in [6.45, 7) is 2.11. The predicted octanol–water partition coefficient (Wildman–Crippen LogP) is 0.964. The van der Waals surface area contributed by atoms with Crippen molar-refractivity contribution < 1.29 is 17.9 Å². The zero-order valence-electron chi connectivity index (χ0n) is 12.4. The topological polar surface area (TPSA) is 104 Å². The molecule has 3 heterocycles. The SMILES string of the molecule is CS(=O)(=O)c1c(N2CCOCC2)n[nH]c1NC(=O)c1cccs1. The summed E-state index contributed by atoms with van der Waals surface area (Å²) in [6.07, 6.45) is 1.10. The molecule has 2 aromatic heterocycles. The number of thiophene rings is 1. The lowest BCUT2D eigenvalue weighted by Crippen LogP contribution is -2.37. The molecule has 0 aliphatic carbocycles.